The molecule has 0 fully saturated rings. The third-order valence-corrected chi connectivity index (χ3v) is 6.49. The third kappa shape index (κ3) is 2.64. The lowest BCUT2D eigenvalue weighted by Gasteiger charge is -2.28. The Labute approximate surface area is 136 Å². The molecule has 2 aromatic rings. The summed E-state index contributed by atoms with van der Waals surface area (Å²) in [7, 11) is -0.0741. The van der Waals surface area contributed by atoms with Gasteiger partial charge >= 0.3 is 0 Å². The van der Waals surface area contributed by atoms with Crippen LogP contribution in [0.15, 0.2) is 23.4 Å². The predicted molar refractivity (Wildman–Crippen MR) is 87.0 cm³/mol. The molecule has 3 rings (SSSR count). The molecule has 0 bridgehead atoms. The van der Waals surface area contributed by atoms with Gasteiger partial charge in [-0.2, -0.15) is 4.31 Å². The van der Waals surface area contributed by atoms with Gasteiger partial charge in [0.1, 0.15) is 5.75 Å². The highest BCUT2D eigenvalue weighted by Crippen LogP contribution is 2.30. The van der Waals surface area contributed by atoms with Crippen LogP contribution in [0.3, 0.4) is 0 Å². The molecule has 1 aromatic heterocycles. The van der Waals surface area contributed by atoms with Crippen LogP contribution >= 0.6 is 0 Å². The second-order valence-corrected chi connectivity index (χ2v) is 7.80. The lowest BCUT2D eigenvalue weighted by Crippen LogP contribution is -2.37. The van der Waals surface area contributed by atoms with Crippen LogP contribution in [-0.4, -0.2) is 35.9 Å². The van der Waals surface area contributed by atoms with Crippen molar-refractivity contribution < 1.29 is 13.2 Å². The Hall–Kier alpha value is -1.86. The summed E-state index contributed by atoms with van der Waals surface area (Å²) in [5.74, 6) is 0.673. The van der Waals surface area contributed by atoms with Crippen molar-refractivity contribution in [3.8, 4) is 5.75 Å². The molecule has 0 amide bonds. The average Bonchev–Trinajstić information content (AvgIpc) is 2.87. The number of rotatable bonds is 3. The molecule has 0 N–H and O–H groups in total. The van der Waals surface area contributed by atoms with Crippen molar-refractivity contribution in [3.05, 3.63) is 41.0 Å². The maximum Gasteiger partial charge on any atom is 0.243 e. The topological polar surface area (TPSA) is 64.4 Å². The fourth-order valence-electron chi connectivity index (χ4n) is 3.16. The highest BCUT2D eigenvalue weighted by atomic mass is 32.2. The Morgan fingerprint density at radius 3 is 2.48 bits per heavy atom. The van der Waals surface area contributed by atoms with E-state index in [2.05, 4.69) is 4.98 Å². The third-order valence-electron chi connectivity index (χ3n) is 4.34. The summed E-state index contributed by atoms with van der Waals surface area (Å²) in [4.78, 5) is 4.71. The van der Waals surface area contributed by atoms with E-state index in [0.717, 1.165) is 11.4 Å². The number of hydrogen-bond donors (Lipinski definition) is 0. The minimum absolute atomic E-state index is 0.360. The summed E-state index contributed by atoms with van der Waals surface area (Å²) in [5, 5.41) is 0. The van der Waals surface area contributed by atoms with Crippen LogP contribution < -0.4 is 4.74 Å². The molecule has 0 aliphatic carbocycles. The van der Waals surface area contributed by atoms with Gasteiger partial charge in [0, 0.05) is 20.0 Å². The quantitative estimate of drug-likeness (QED) is 0.858. The number of sulfonamides is 1. The van der Waals surface area contributed by atoms with E-state index in [1.807, 2.05) is 25.5 Å². The number of aryl methyl sites for hydroxylation is 3. The van der Waals surface area contributed by atoms with E-state index >= 15 is 0 Å². The summed E-state index contributed by atoms with van der Waals surface area (Å²) in [6.45, 7) is 4.43. The first kappa shape index (κ1) is 16.0. The molecular weight excluding hydrogens is 314 g/mol. The van der Waals surface area contributed by atoms with Crippen molar-refractivity contribution >= 4 is 10.0 Å². The van der Waals surface area contributed by atoms with Gasteiger partial charge < -0.3 is 9.30 Å². The summed E-state index contributed by atoms with van der Waals surface area (Å²) in [6.07, 6.45) is 2.38. The average molecular weight is 335 g/mol. The molecule has 0 atom stereocenters. The van der Waals surface area contributed by atoms with E-state index in [-0.39, 0.29) is 0 Å². The Morgan fingerprint density at radius 1 is 1.22 bits per heavy atom. The smallest absolute Gasteiger partial charge is 0.243 e. The lowest BCUT2D eigenvalue weighted by atomic mass is 10.1. The van der Waals surface area contributed by atoms with Gasteiger partial charge in [-0.15, -0.1) is 0 Å². The maximum atomic E-state index is 13.1. The molecule has 6 nitrogen and oxygen atoms in total. The van der Waals surface area contributed by atoms with E-state index in [1.165, 1.54) is 0 Å². The number of ether oxygens (including phenoxy) is 1. The van der Waals surface area contributed by atoms with Gasteiger partial charge in [0.2, 0.25) is 10.0 Å². The fraction of sp³-hybridized carbons (Fsp3) is 0.438. The minimum Gasteiger partial charge on any atom is -0.497 e. The summed E-state index contributed by atoms with van der Waals surface area (Å²) in [6, 6.07) is 3.53. The molecule has 0 saturated heterocycles. The molecule has 124 valence electrons. The van der Waals surface area contributed by atoms with Gasteiger partial charge in [0.05, 0.1) is 36.3 Å². The number of benzene rings is 1. The standard InChI is InChI=1S/C16H21N3O3S/c1-11-7-13(22-4)8-12(2)16(11)23(20,21)19-6-5-14-15(9-19)18(3)10-17-14/h7-8,10H,5-6,9H2,1-4H3. The van der Waals surface area contributed by atoms with Gasteiger partial charge in [-0.3, -0.25) is 0 Å². The van der Waals surface area contributed by atoms with Crippen molar-refractivity contribution in [2.24, 2.45) is 7.05 Å². The molecule has 0 saturated carbocycles. The first-order chi connectivity index (χ1) is 10.8. The van der Waals surface area contributed by atoms with Crippen molar-refractivity contribution in [2.45, 2.75) is 31.7 Å². The Balaban J connectivity index is 2.02. The summed E-state index contributed by atoms with van der Waals surface area (Å²) in [5.41, 5.74) is 3.36. The van der Waals surface area contributed by atoms with Gasteiger partial charge in [-0.25, -0.2) is 13.4 Å². The molecule has 0 radical (unpaired) electrons. The van der Waals surface area contributed by atoms with Crippen molar-refractivity contribution in [3.63, 3.8) is 0 Å². The molecule has 1 aliphatic heterocycles. The second kappa shape index (κ2) is 5.65. The van der Waals surface area contributed by atoms with Crippen LogP contribution in [0.5, 0.6) is 5.75 Å². The van der Waals surface area contributed by atoms with E-state index in [9.17, 15) is 8.42 Å². The Bertz CT molecular complexity index is 832. The Morgan fingerprint density at radius 2 is 1.87 bits per heavy atom. The van der Waals surface area contributed by atoms with Crippen LogP contribution in [0.2, 0.25) is 0 Å². The monoisotopic (exact) mass is 335 g/mol. The second-order valence-electron chi connectivity index (χ2n) is 5.93. The molecule has 0 unspecified atom stereocenters. The molecular formula is C16H21N3O3S. The molecule has 23 heavy (non-hydrogen) atoms. The van der Waals surface area contributed by atoms with E-state index in [4.69, 9.17) is 4.74 Å². The zero-order valence-electron chi connectivity index (χ0n) is 13.8. The minimum atomic E-state index is -3.55. The molecule has 2 heterocycles. The normalized spacial score (nSPS) is 15.5. The first-order valence-electron chi connectivity index (χ1n) is 7.49. The zero-order chi connectivity index (χ0) is 16.8. The number of methoxy groups -OCH3 is 1. The Kier molecular flexibility index (Phi) is 3.93. The van der Waals surface area contributed by atoms with Crippen LogP contribution in [0.25, 0.3) is 0 Å². The number of hydrogen-bond acceptors (Lipinski definition) is 4. The van der Waals surface area contributed by atoms with Crippen LogP contribution in [0, 0.1) is 13.8 Å². The SMILES string of the molecule is COc1cc(C)c(S(=O)(=O)N2CCc3ncn(C)c3C2)c(C)c1. The van der Waals surface area contributed by atoms with Crippen LogP contribution in [0.4, 0.5) is 0 Å². The number of imidazole rings is 1. The van der Waals surface area contributed by atoms with Crippen LogP contribution in [0.1, 0.15) is 22.5 Å². The number of nitrogens with zero attached hydrogens (tertiary/aromatic N) is 3. The van der Waals surface area contributed by atoms with Crippen molar-refractivity contribution in [1.82, 2.24) is 13.9 Å². The largest absolute Gasteiger partial charge is 0.497 e. The molecule has 7 heteroatoms. The van der Waals surface area contributed by atoms with Gasteiger partial charge in [-0.05, 0) is 37.1 Å². The first-order valence-corrected chi connectivity index (χ1v) is 8.93. The molecule has 1 aromatic carbocycles. The zero-order valence-corrected chi connectivity index (χ0v) is 14.6. The molecule has 1 aliphatic rings. The van der Waals surface area contributed by atoms with E-state index in [0.29, 0.717) is 41.3 Å². The molecule has 0 spiro atoms. The maximum absolute atomic E-state index is 13.1. The number of aromatic nitrogens is 2. The predicted octanol–water partition coefficient (Wildman–Crippen LogP) is 1.79. The summed E-state index contributed by atoms with van der Waals surface area (Å²) >= 11 is 0. The van der Waals surface area contributed by atoms with Gasteiger partial charge in [-0.1, -0.05) is 0 Å². The highest BCUT2D eigenvalue weighted by Gasteiger charge is 2.32. The van der Waals surface area contributed by atoms with E-state index in [1.54, 1.807) is 29.9 Å². The summed E-state index contributed by atoms with van der Waals surface area (Å²) < 4.78 is 34.9. The van der Waals surface area contributed by atoms with Crippen LogP contribution in [-0.2, 0) is 30.0 Å². The van der Waals surface area contributed by atoms with Gasteiger partial charge in [0.25, 0.3) is 0 Å². The highest BCUT2D eigenvalue weighted by molar-refractivity contribution is 7.89. The number of fused-ring (bicyclic) bond motifs is 1. The fourth-order valence-corrected chi connectivity index (χ4v) is 4.98. The lowest BCUT2D eigenvalue weighted by molar-refractivity contribution is 0.379. The van der Waals surface area contributed by atoms with Crippen molar-refractivity contribution in [2.75, 3.05) is 13.7 Å². The van der Waals surface area contributed by atoms with Crippen molar-refractivity contribution in [1.29, 1.82) is 0 Å². The van der Waals surface area contributed by atoms with Gasteiger partial charge in [0.15, 0.2) is 0 Å². The van der Waals surface area contributed by atoms with E-state index < -0.39 is 10.0 Å².